The van der Waals surface area contributed by atoms with E-state index in [0.29, 0.717) is 13.0 Å². The monoisotopic (exact) mass is 487 g/mol. The summed E-state index contributed by atoms with van der Waals surface area (Å²) in [6, 6.07) is 16.9. The van der Waals surface area contributed by atoms with Crippen LogP contribution in [0.15, 0.2) is 65.6 Å². The van der Waals surface area contributed by atoms with Crippen LogP contribution in [0.3, 0.4) is 0 Å². The van der Waals surface area contributed by atoms with Crippen LogP contribution < -0.4 is 10.1 Å². The number of rotatable bonds is 8. The van der Waals surface area contributed by atoms with Crippen LogP contribution in [0, 0.1) is 0 Å². The Morgan fingerprint density at radius 3 is 2.50 bits per heavy atom. The molecule has 0 fully saturated rings. The highest BCUT2D eigenvalue weighted by atomic mass is 32.2. The molecular formula is C26H24F3NO3S. The van der Waals surface area contributed by atoms with Gasteiger partial charge in [-0.3, -0.25) is 4.79 Å². The molecule has 1 heterocycles. The van der Waals surface area contributed by atoms with Gasteiger partial charge < -0.3 is 15.2 Å². The minimum atomic E-state index is -4.34. The van der Waals surface area contributed by atoms with Crippen LogP contribution in [0.25, 0.3) is 0 Å². The third-order valence-corrected chi connectivity index (χ3v) is 6.92. The number of carboxylic acid groups (broad SMARTS) is 1. The summed E-state index contributed by atoms with van der Waals surface area (Å²) in [6.45, 7) is 2.39. The second kappa shape index (κ2) is 10.0. The van der Waals surface area contributed by atoms with Crippen LogP contribution in [0.2, 0.25) is 0 Å². The van der Waals surface area contributed by atoms with E-state index in [0.717, 1.165) is 57.1 Å². The van der Waals surface area contributed by atoms with E-state index < -0.39 is 17.7 Å². The lowest BCUT2D eigenvalue weighted by molar-refractivity contribution is -0.138. The first kappa shape index (κ1) is 24.0. The second-order valence-electron chi connectivity index (χ2n) is 8.06. The van der Waals surface area contributed by atoms with Gasteiger partial charge in [0.25, 0.3) is 0 Å². The van der Waals surface area contributed by atoms with E-state index in [2.05, 4.69) is 5.32 Å². The van der Waals surface area contributed by atoms with Crippen molar-refractivity contribution in [3.63, 3.8) is 0 Å². The summed E-state index contributed by atoms with van der Waals surface area (Å²) in [5.74, 6) is -0.0901. The Hall–Kier alpha value is -3.13. The lowest BCUT2D eigenvalue weighted by atomic mass is 10.0. The van der Waals surface area contributed by atoms with Gasteiger partial charge in [-0.1, -0.05) is 43.0 Å². The number of anilines is 1. The number of benzene rings is 3. The maximum absolute atomic E-state index is 12.8. The van der Waals surface area contributed by atoms with E-state index in [-0.39, 0.29) is 11.8 Å². The maximum Gasteiger partial charge on any atom is 0.416 e. The molecule has 0 saturated carbocycles. The molecule has 0 radical (unpaired) electrons. The topological polar surface area (TPSA) is 58.6 Å². The van der Waals surface area contributed by atoms with Gasteiger partial charge in [0, 0.05) is 17.0 Å². The molecule has 0 spiro atoms. The van der Waals surface area contributed by atoms with Gasteiger partial charge >= 0.3 is 12.1 Å². The molecule has 1 unspecified atom stereocenters. The van der Waals surface area contributed by atoms with Crippen molar-refractivity contribution in [2.24, 2.45) is 0 Å². The number of halogens is 3. The molecule has 3 aromatic rings. The van der Waals surface area contributed by atoms with Gasteiger partial charge in [0.1, 0.15) is 17.7 Å². The van der Waals surface area contributed by atoms with Crippen LogP contribution in [-0.2, 0) is 30.4 Å². The number of aliphatic carboxylic acids is 1. The van der Waals surface area contributed by atoms with Crippen molar-refractivity contribution < 1.29 is 27.8 Å². The molecule has 0 aromatic heterocycles. The Kier molecular flexibility index (Phi) is 7.07. The summed E-state index contributed by atoms with van der Waals surface area (Å²) in [4.78, 5) is 11.9. The van der Waals surface area contributed by atoms with E-state index in [1.165, 1.54) is 12.1 Å². The van der Waals surface area contributed by atoms with Crippen molar-refractivity contribution in [2.45, 2.75) is 49.2 Å². The number of ether oxygens (including phenoxy) is 1. The zero-order chi connectivity index (χ0) is 24.3. The number of fused-ring (bicyclic) bond motifs is 1. The van der Waals surface area contributed by atoms with Gasteiger partial charge in [-0.05, 0) is 71.5 Å². The Bertz CT molecular complexity index is 1180. The van der Waals surface area contributed by atoms with Crippen molar-refractivity contribution in [3.05, 3.63) is 88.5 Å². The van der Waals surface area contributed by atoms with Crippen molar-refractivity contribution in [2.75, 3.05) is 5.32 Å². The molecule has 3 aromatic carbocycles. The molecule has 4 nitrogen and oxygen atoms in total. The largest absolute Gasteiger partial charge is 0.489 e. The van der Waals surface area contributed by atoms with Crippen molar-refractivity contribution in [1.29, 1.82) is 0 Å². The lowest BCUT2D eigenvalue weighted by Crippen LogP contribution is -2.06. The van der Waals surface area contributed by atoms with Crippen LogP contribution in [0.4, 0.5) is 18.9 Å². The van der Waals surface area contributed by atoms with Crippen molar-refractivity contribution in [1.82, 2.24) is 0 Å². The highest BCUT2D eigenvalue weighted by Gasteiger charge is 2.31. The number of hydrogen-bond donors (Lipinski definition) is 2. The molecule has 1 aliphatic rings. The van der Waals surface area contributed by atoms with E-state index >= 15 is 0 Å². The molecule has 8 heteroatoms. The van der Waals surface area contributed by atoms with Crippen LogP contribution in [0.1, 0.15) is 46.5 Å². The minimum absolute atomic E-state index is 0.0980. The zero-order valence-electron chi connectivity index (χ0n) is 18.5. The van der Waals surface area contributed by atoms with E-state index in [9.17, 15) is 18.0 Å². The second-order valence-corrected chi connectivity index (χ2v) is 9.21. The highest BCUT2D eigenvalue weighted by Crippen LogP contribution is 2.47. The molecule has 0 aliphatic carbocycles. The van der Waals surface area contributed by atoms with Crippen molar-refractivity contribution >= 4 is 23.4 Å². The first-order valence-corrected chi connectivity index (χ1v) is 11.8. The fourth-order valence-corrected chi connectivity index (χ4v) is 4.98. The highest BCUT2D eigenvalue weighted by molar-refractivity contribution is 8.00. The molecular weight excluding hydrogens is 463 g/mol. The summed E-state index contributed by atoms with van der Waals surface area (Å²) in [5.41, 5.74) is 4.11. The Morgan fingerprint density at radius 1 is 1.06 bits per heavy atom. The number of thioether (sulfide) groups is 1. The minimum Gasteiger partial charge on any atom is -0.489 e. The third kappa shape index (κ3) is 5.67. The van der Waals surface area contributed by atoms with Gasteiger partial charge in [0.15, 0.2) is 0 Å². The van der Waals surface area contributed by atoms with E-state index in [1.54, 1.807) is 11.8 Å². The predicted octanol–water partition coefficient (Wildman–Crippen LogP) is 7.08. The molecule has 178 valence electrons. The zero-order valence-corrected chi connectivity index (χ0v) is 19.3. The van der Waals surface area contributed by atoms with Crippen molar-refractivity contribution in [3.8, 4) is 5.75 Å². The van der Waals surface area contributed by atoms with Crippen LogP contribution in [-0.4, -0.2) is 11.1 Å². The summed E-state index contributed by atoms with van der Waals surface area (Å²) in [6.07, 6.45) is -2.96. The molecule has 0 amide bonds. The molecule has 1 atom stereocenters. The molecule has 4 rings (SSSR count). The average molecular weight is 488 g/mol. The van der Waals surface area contributed by atoms with E-state index in [1.807, 2.05) is 43.3 Å². The average Bonchev–Trinajstić information content (AvgIpc) is 3.24. The van der Waals surface area contributed by atoms with Gasteiger partial charge in [-0.25, -0.2) is 0 Å². The predicted molar refractivity (Wildman–Crippen MR) is 126 cm³/mol. The molecule has 34 heavy (non-hydrogen) atoms. The maximum atomic E-state index is 12.8. The van der Waals surface area contributed by atoms with Crippen LogP contribution >= 0.6 is 11.8 Å². The molecule has 2 N–H and O–H groups in total. The van der Waals surface area contributed by atoms with Gasteiger partial charge in [0.2, 0.25) is 0 Å². The number of carboxylic acids is 1. The fraction of sp³-hybridized carbons (Fsp3) is 0.269. The molecule has 0 saturated heterocycles. The summed E-state index contributed by atoms with van der Waals surface area (Å²) < 4.78 is 44.4. The molecule has 0 bridgehead atoms. The Balaban J connectivity index is 1.39. The SMILES string of the molecule is CCc1cc(OCc2ccc3c(c2)NC(c2ccc(C(F)(F)F)cc2)S3)ccc1CCC(=O)O. The van der Waals surface area contributed by atoms with Crippen LogP contribution in [0.5, 0.6) is 5.75 Å². The quantitative estimate of drug-likeness (QED) is 0.356. The smallest absolute Gasteiger partial charge is 0.416 e. The lowest BCUT2D eigenvalue weighted by Gasteiger charge is -2.13. The Morgan fingerprint density at radius 2 is 1.82 bits per heavy atom. The first-order chi connectivity index (χ1) is 16.2. The summed E-state index contributed by atoms with van der Waals surface area (Å²) in [7, 11) is 0. The first-order valence-electron chi connectivity index (χ1n) is 10.9. The number of nitrogens with one attached hydrogen (secondary N) is 1. The van der Waals surface area contributed by atoms with Gasteiger partial charge in [-0.15, -0.1) is 0 Å². The fourth-order valence-electron chi connectivity index (χ4n) is 3.85. The van der Waals surface area contributed by atoms with Gasteiger partial charge in [-0.2, -0.15) is 13.2 Å². The normalized spacial score (nSPS) is 15.0. The summed E-state index contributed by atoms with van der Waals surface area (Å²) in [5, 5.41) is 12.1. The summed E-state index contributed by atoms with van der Waals surface area (Å²) >= 11 is 1.56. The Labute approximate surface area is 200 Å². The number of carbonyl (C=O) groups is 1. The van der Waals surface area contributed by atoms with Gasteiger partial charge in [0.05, 0.1) is 5.56 Å². The van der Waals surface area contributed by atoms with E-state index in [4.69, 9.17) is 9.84 Å². The molecule has 1 aliphatic heterocycles. The number of aryl methyl sites for hydroxylation is 2. The number of alkyl halides is 3. The third-order valence-electron chi connectivity index (χ3n) is 5.69. The standard InChI is InChI=1S/C26H24F3NO3S/c1-2-17-14-21(10-6-18(17)7-12-24(31)32)33-15-16-3-11-23-22(13-16)30-25(34-23)19-4-8-20(9-5-19)26(27,28)29/h3-6,8-11,13-14,25,30H,2,7,12,15H2,1H3,(H,31,32). The number of hydrogen-bond acceptors (Lipinski definition) is 4.